The molecule has 0 fully saturated rings. The molecule has 25 heavy (non-hydrogen) atoms. The number of aromatic nitrogens is 2. The van der Waals surface area contributed by atoms with Gasteiger partial charge in [-0.2, -0.15) is 5.10 Å². The Labute approximate surface area is 145 Å². The number of fused-ring (bicyclic) bond motifs is 2. The van der Waals surface area contributed by atoms with Crippen LogP contribution in [-0.4, -0.2) is 20.4 Å². The van der Waals surface area contributed by atoms with Crippen molar-refractivity contribution in [1.29, 1.82) is 0 Å². The summed E-state index contributed by atoms with van der Waals surface area (Å²) in [5, 5.41) is 16.8. The number of phenols is 1. The zero-order chi connectivity index (χ0) is 17.4. The molecule has 0 radical (unpaired) electrons. The molecule has 3 aromatic carbocycles. The summed E-state index contributed by atoms with van der Waals surface area (Å²) in [7, 11) is 1.94. The van der Waals surface area contributed by atoms with E-state index in [1.54, 1.807) is 0 Å². The van der Waals surface area contributed by atoms with Crippen LogP contribution in [0.3, 0.4) is 0 Å². The highest BCUT2D eigenvalue weighted by molar-refractivity contribution is 6.06. The molecular formula is C20H18N4O. The molecule has 0 bridgehead atoms. The van der Waals surface area contributed by atoms with Crippen LogP contribution in [0.15, 0.2) is 65.8 Å². The summed E-state index contributed by atoms with van der Waals surface area (Å²) >= 11 is 0. The third-order valence-corrected chi connectivity index (χ3v) is 4.40. The van der Waals surface area contributed by atoms with Gasteiger partial charge in [-0.25, -0.2) is 10.4 Å². The number of imidazole rings is 1. The SMILES string of the molecule is C/C(=N\Nc1nc2ccccc2n1C)c1ccc2ccccc2c1O. The van der Waals surface area contributed by atoms with Gasteiger partial charge in [-0.3, -0.25) is 0 Å². The van der Waals surface area contributed by atoms with E-state index in [0.717, 1.165) is 21.8 Å². The van der Waals surface area contributed by atoms with E-state index >= 15 is 0 Å². The lowest BCUT2D eigenvalue weighted by Crippen LogP contribution is -2.04. The lowest BCUT2D eigenvalue weighted by atomic mass is 10.0. The number of hydrazone groups is 1. The number of nitrogens with one attached hydrogen (secondary N) is 1. The van der Waals surface area contributed by atoms with Crippen LogP contribution in [0.25, 0.3) is 21.8 Å². The summed E-state index contributed by atoms with van der Waals surface area (Å²) in [6.45, 7) is 1.86. The van der Waals surface area contributed by atoms with E-state index in [4.69, 9.17) is 0 Å². The highest BCUT2D eigenvalue weighted by Gasteiger charge is 2.10. The first kappa shape index (κ1) is 15.2. The predicted octanol–water partition coefficient (Wildman–Crippen LogP) is 4.27. The van der Waals surface area contributed by atoms with E-state index in [9.17, 15) is 5.11 Å². The number of anilines is 1. The lowest BCUT2D eigenvalue weighted by molar-refractivity contribution is 0.480. The van der Waals surface area contributed by atoms with E-state index in [-0.39, 0.29) is 5.75 Å². The molecule has 0 spiro atoms. The second kappa shape index (κ2) is 5.94. The third kappa shape index (κ3) is 2.59. The Bertz CT molecular complexity index is 1110. The summed E-state index contributed by atoms with van der Waals surface area (Å²) in [4.78, 5) is 4.53. The summed E-state index contributed by atoms with van der Waals surface area (Å²) in [6, 6.07) is 19.5. The molecule has 0 aliphatic heterocycles. The first-order valence-corrected chi connectivity index (χ1v) is 8.08. The summed E-state index contributed by atoms with van der Waals surface area (Å²) < 4.78 is 1.95. The molecule has 4 aromatic rings. The van der Waals surface area contributed by atoms with Gasteiger partial charge in [0.15, 0.2) is 0 Å². The maximum absolute atomic E-state index is 10.6. The molecular weight excluding hydrogens is 312 g/mol. The van der Waals surface area contributed by atoms with Crippen LogP contribution < -0.4 is 5.43 Å². The van der Waals surface area contributed by atoms with Crippen molar-refractivity contribution in [3.05, 3.63) is 66.2 Å². The van der Waals surface area contributed by atoms with Crippen LogP contribution >= 0.6 is 0 Å². The fraction of sp³-hybridized carbons (Fsp3) is 0.100. The number of rotatable bonds is 3. The maximum Gasteiger partial charge on any atom is 0.224 e. The molecule has 0 aliphatic rings. The van der Waals surface area contributed by atoms with Crippen LogP contribution in [0.5, 0.6) is 5.75 Å². The average Bonchev–Trinajstić information content (AvgIpc) is 2.96. The van der Waals surface area contributed by atoms with E-state index < -0.39 is 0 Å². The molecule has 4 rings (SSSR count). The Morgan fingerprint density at radius 1 is 1.04 bits per heavy atom. The van der Waals surface area contributed by atoms with Gasteiger partial charge in [-0.05, 0) is 30.5 Å². The van der Waals surface area contributed by atoms with Gasteiger partial charge >= 0.3 is 0 Å². The van der Waals surface area contributed by atoms with Crippen molar-refractivity contribution in [1.82, 2.24) is 9.55 Å². The quantitative estimate of drug-likeness (QED) is 0.435. The van der Waals surface area contributed by atoms with Crippen molar-refractivity contribution >= 4 is 33.5 Å². The van der Waals surface area contributed by atoms with Crippen molar-refractivity contribution in [2.45, 2.75) is 6.92 Å². The molecule has 124 valence electrons. The fourth-order valence-electron chi connectivity index (χ4n) is 2.99. The third-order valence-electron chi connectivity index (χ3n) is 4.40. The first-order chi connectivity index (χ1) is 12.1. The fourth-order valence-corrected chi connectivity index (χ4v) is 2.99. The smallest absolute Gasteiger partial charge is 0.224 e. The van der Waals surface area contributed by atoms with Gasteiger partial charge in [0.25, 0.3) is 0 Å². The van der Waals surface area contributed by atoms with Gasteiger partial charge in [0, 0.05) is 18.0 Å². The average molecular weight is 330 g/mol. The number of aryl methyl sites for hydroxylation is 1. The molecule has 0 saturated heterocycles. The number of phenolic OH excluding ortho intramolecular Hbond substituents is 1. The van der Waals surface area contributed by atoms with Crippen molar-refractivity contribution in [3.8, 4) is 5.75 Å². The minimum atomic E-state index is 0.242. The normalized spacial score (nSPS) is 12.0. The lowest BCUT2D eigenvalue weighted by Gasteiger charge is -2.08. The molecule has 0 saturated carbocycles. The Morgan fingerprint density at radius 3 is 2.64 bits per heavy atom. The molecule has 2 N–H and O–H groups in total. The van der Waals surface area contributed by atoms with Crippen LogP contribution in [0.2, 0.25) is 0 Å². The minimum absolute atomic E-state index is 0.242. The zero-order valence-electron chi connectivity index (χ0n) is 14.1. The van der Waals surface area contributed by atoms with Gasteiger partial charge in [-0.15, -0.1) is 0 Å². The molecule has 5 nitrogen and oxygen atoms in total. The second-order valence-electron chi connectivity index (χ2n) is 5.98. The summed E-state index contributed by atoms with van der Waals surface area (Å²) in [5.74, 6) is 0.895. The molecule has 0 amide bonds. The van der Waals surface area contributed by atoms with Crippen molar-refractivity contribution in [2.75, 3.05) is 5.43 Å². The highest BCUT2D eigenvalue weighted by atomic mass is 16.3. The number of hydrogen-bond acceptors (Lipinski definition) is 4. The number of hydrogen-bond donors (Lipinski definition) is 2. The second-order valence-corrected chi connectivity index (χ2v) is 5.98. The molecule has 0 atom stereocenters. The van der Waals surface area contributed by atoms with Gasteiger partial charge in [0.2, 0.25) is 5.95 Å². The maximum atomic E-state index is 10.6. The first-order valence-electron chi connectivity index (χ1n) is 8.08. The Kier molecular flexibility index (Phi) is 3.61. The van der Waals surface area contributed by atoms with E-state index in [1.807, 2.05) is 79.2 Å². The van der Waals surface area contributed by atoms with Crippen LogP contribution in [0.4, 0.5) is 5.95 Å². The van der Waals surface area contributed by atoms with Gasteiger partial charge in [0.05, 0.1) is 16.7 Å². The van der Waals surface area contributed by atoms with Crippen molar-refractivity contribution in [2.24, 2.45) is 12.1 Å². The monoisotopic (exact) mass is 330 g/mol. The number of para-hydroxylation sites is 2. The van der Waals surface area contributed by atoms with Crippen LogP contribution in [0.1, 0.15) is 12.5 Å². The molecule has 5 heteroatoms. The van der Waals surface area contributed by atoms with Gasteiger partial charge < -0.3 is 9.67 Å². The van der Waals surface area contributed by atoms with E-state index in [0.29, 0.717) is 17.2 Å². The minimum Gasteiger partial charge on any atom is -0.507 e. The van der Waals surface area contributed by atoms with Crippen molar-refractivity contribution < 1.29 is 5.11 Å². The Morgan fingerprint density at radius 2 is 1.80 bits per heavy atom. The van der Waals surface area contributed by atoms with Gasteiger partial charge in [-0.1, -0.05) is 42.5 Å². The topological polar surface area (TPSA) is 62.4 Å². The number of aromatic hydroxyl groups is 1. The Balaban J connectivity index is 1.69. The van der Waals surface area contributed by atoms with Gasteiger partial charge in [0.1, 0.15) is 5.75 Å². The standard InChI is InChI=1S/C20H18N4O/c1-13(15-12-11-14-7-3-4-8-16(14)19(15)25)22-23-20-21-17-9-5-6-10-18(17)24(20)2/h3-12,25H,1-2H3,(H,21,23)/b22-13+. The van der Waals surface area contributed by atoms with Crippen LogP contribution in [-0.2, 0) is 7.05 Å². The molecule has 1 heterocycles. The number of benzene rings is 3. The molecule has 1 aromatic heterocycles. The number of nitrogens with zero attached hydrogens (tertiary/aromatic N) is 3. The van der Waals surface area contributed by atoms with E-state index in [1.165, 1.54) is 0 Å². The highest BCUT2D eigenvalue weighted by Crippen LogP contribution is 2.29. The molecule has 0 aliphatic carbocycles. The zero-order valence-corrected chi connectivity index (χ0v) is 14.1. The summed E-state index contributed by atoms with van der Waals surface area (Å²) in [6.07, 6.45) is 0. The summed E-state index contributed by atoms with van der Waals surface area (Å²) in [5.41, 5.74) is 6.34. The van der Waals surface area contributed by atoms with Crippen molar-refractivity contribution in [3.63, 3.8) is 0 Å². The predicted molar refractivity (Wildman–Crippen MR) is 102 cm³/mol. The molecule has 0 unspecified atom stereocenters. The van der Waals surface area contributed by atoms with Crippen LogP contribution in [0, 0.1) is 0 Å². The Hall–Kier alpha value is -3.34. The van der Waals surface area contributed by atoms with E-state index in [2.05, 4.69) is 15.5 Å². The largest absolute Gasteiger partial charge is 0.507 e.